The predicted octanol–water partition coefficient (Wildman–Crippen LogP) is 4.63. The van der Waals surface area contributed by atoms with Gasteiger partial charge in [0.2, 0.25) is 6.29 Å². The summed E-state index contributed by atoms with van der Waals surface area (Å²) in [6, 6.07) is 0. The van der Waals surface area contributed by atoms with Crippen LogP contribution in [0.4, 0.5) is 0 Å². The van der Waals surface area contributed by atoms with Crippen LogP contribution in [0.1, 0.15) is 103 Å². The van der Waals surface area contributed by atoms with Crippen LogP contribution < -0.4 is 0 Å². The van der Waals surface area contributed by atoms with Crippen molar-refractivity contribution in [1.29, 1.82) is 0 Å². The number of aliphatic hydroxyl groups excluding tert-OH is 3. The van der Waals surface area contributed by atoms with Crippen molar-refractivity contribution in [3.63, 3.8) is 0 Å². The highest BCUT2D eigenvalue weighted by atomic mass is 16.6. The van der Waals surface area contributed by atoms with Gasteiger partial charge in [-0.2, -0.15) is 0 Å². The molecule has 27 heavy (non-hydrogen) atoms. The van der Waals surface area contributed by atoms with Gasteiger partial charge in [-0.05, 0) is 32.1 Å². The van der Waals surface area contributed by atoms with Gasteiger partial charge < -0.3 is 20.1 Å². The quantitative estimate of drug-likeness (QED) is 0.130. The Morgan fingerprint density at radius 3 is 1.93 bits per heavy atom. The van der Waals surface area contributed by atoms with Crippen LogP contribution in [0.2, 0.25) is 0 Å². The number of carbonyl (C=O) groups is 1. The third-order valence-electron chi connectivity index (χ3n) is 4.65. The lowest BCUT2D eigenvalue weighted by Crippen LogP contribution is -2.31. The molecule has 0 aromatic rings. The summed E-state index contributed by atoms with van der Waals surface area (Å²) in [4.78, 5) is 11.5. The molecular weight excluding hydrogens is 344 g/mol. The van der Waals surface area contributed by atoms with Crippen LogP contribution in [0, 0.1) is 0 Å². The first-order valence-corrected chi connectivity index (χ1v) is 10.9. The maximum atomic E-state index is 11.5. The molecule has 2 atom stereocenters. The van der Waals surface area contributed by atoms with Crippen molar-refractivity contribution < 1.29 is 24.9 Å². The second-order valence-electron chi connectivity index (χ2n) is 7.29. The minimum Gasteiger partial charge on any atom is -0.433 e. The third-order valence-corrected chi connectivity index (χ3v) is 4.65. The van der Waals surface area contributed by atoms with Gasteiger partial charge in [-0.1, -0.05) is 70.4 Å². The number of rotatable bonds is 19. The van der Waals surface area contributed by atoms with Crippen LogP contribution in [-0.4, -0.2) is 40.3 Å². The van der Waals surface area contributed by atoms with Crippen molar-refractivity contribution in [3.8, 4) is 0 Å². The fraction of sp³-hybridized carbons (Fsp3) is 0.864. The molecule has 0 saturated heterocycles. The SMILES string of the molecule is CCCCCCCC/C=C\CCCCCCCC(=O)OC(O)C(O)CCO. The summed E-state index contributed by atoms with van der Waals surface area (Å²) in [5, 5.41) is 27.5. The fourth-order valence-corrected chi connectivity index (χ4v) is 2.89. The molecule has 0 saturated carbocycles. The van der Waals surface area contributed by atoms with Gasteiger partial charge in [-0.25, -0.2) is 0 Å². The topological polar surface area (TPSA) is 87.0 Å². The largest absolute Gasteiger partial charge is 0.433 e. The molecule has 0 rings (SSSR count). The number of aliphatic hydroxyl groups is 3. The molecular formula is C22H42O5. The first-order chi connectivity index (χ1) is 13.1. The van der Waals surface area contributed by atoms with E-state index in [1.165, 1.54) is 51.4 Å². The Kier molecular flexibility index (Phi) is 19.2. The van der Waals surface area contributed by atoms with E-state index in [-0.39, 0.29) is 19.4 Å². The standard InChI is InChI=1S/C22H42O5/c1-2-3-4-5-6-7-8-9-10-11-12-13-14-15-16-17-21(25)27-22(26)20(24)18-19-23/h9-10,20,22-24,26H,2-8,11-19H2,1H3/b10-9-. The van der Waals surface area contributed by atoms with Gasteiger partial charge in [0.05, 0.1) is 0 Å². The molecule has 0 heterocycles. The van der Waals surface area contributed by atoms with Crippen LogP contribution >= 0.6 is 0 Å². The highest BCUT2D eigenvalue weighted by molar-refractivity contribution is 5.69. The van der Waals surface area contributed by atoms with E-state index in [0.717, 1.165) is 32.1 Å². The Balaban J connectivity index is 3.37. The number of ether oxygens (including phenoxy) is 1. The Morgan fingerprint density at radius 2 is 1.37 bits per heavy atom. The zero-order valence-corrected chi connectivity index (χ0v) is 17.3. The fourth-order valence-electron chi connectivity index (χ4n) is 2.89. The Bertz CT molecular complexity index is 357. The minimum atomic E-state index is -1.55. The molecule has 0 amide bonds. The summed E-state index contributed by atoms with van der Waals surface area (Å²) in [5.74, 6) is -0.503. The molecule has 0 fully saturated rings. The number of allylic oxidation sites excluding steroid dienone is 2. The number of carbonyl (C=O) groups excluding carboxylic acids is 1. The van der Waals surface area contributed by atoms with Crippen LogP contribution in [0.15, 0.2) is 12.2 Å². The summed E-state index contributed by atoms with van der Waals surface area (Å²) in [5.41, 5.74) is 0. The van der Waals surface area contributed by atoms with Gasteiger partial charge in [0.25, 0.3) is 0 Å². The summed E-state index contributed by atoms with van der Waals surface area (Å²) in [6.07, 6.45) is 17.6. The van der Waals surface area contributed by atoms with Gasteiger partial charge in [0.15, 0.2) is 0 Å². The van der Waals surface area contributed by atoms with E-state index in [2.05, 4.69) is 19.1 Å². The lowest BCUT2D eigenvalue weighted by molar-refractivity contribution is -0.188. The van der Waals surface area contributed by atoms with Gasteiger partial charge in [-0.3, -0.25) is 4.79 Å². The lowest BCUT2D eigenvalue weighted by atomic mass is 10.1. The highest BCUT2D eigenvalue weighted by Crippen LogP contribution is 2.11. The molecule has 0 radical (unpaired) electrons. The van der Waals surface area contributed by atoms with E-state index in [0.29, 0.717) is 0 Å². The Morgan fingerprint density at radius 1 is 0.852 bits per heavy atom. The molecule has 2 unspecified atom stereocenters. The molecule has 0 bridgehead atoms. The van der Waals surface area contributed by atoms with Crippen molar-refractivity contribution >= 4 is 5.97 Å². The van der Waals surface area contributed by atoms with Gasteiger partial charge in [0, 0.05) is 19.4 Å². The normalized spacial score (nSPS) is 13.8. The number of esters is 1. The zero-order chi connectivity index (χ0) is 20.2. The Labute approximate surface area is 165 Å². The lowest BCUT2D eigenvalue weighted by Gasteiger charge is -2.17. The average molecular weight is 387 g/mol. The number of hydrogen-bond donors (Lipinski definition) is 3. The van der Waals surface area contributed by atoms with Crippen molar-refractivity contribution in [2.75, 3.05) is 6.61 Å². The molecule has 5 nitrogen and oxygen atoms in total. The van der Waals surface area contributed by atoms with E-state index < -0.39 is 18.4 Å². The minimum absolute atomic E-state index is 0.0121. The van der Waals surface area contributed by atoms with Crippen molar-refractivity contribution in [2.45, 2.75) is 116 Å². The summed E-state index contributed by atoms with van der Waals surface area (Å²) < 4.78 is 4.73. The summed E-state index contributed by atoms with van der Waals surface area (Å²) >= 11 is 0. The van der Waals surface area contributed by atoms with Crippen LogP contribution in [-0.2, 0) is 9.53 Å². The highest BCUT2D eigenvalue weighted by Gasteiger charge is 2.19. The van der Waals surface area contributed by atoms with Gasteiger partial charge >= 0.3 is 5.97 Å². The first kappa shape index (κ1) is 26.1. The van der Waals surface area contributed by atoms with E-state index in [9.17, 15) is 15.0 Å². The molecule has 0 aliphatic rings. The zero-order valence-electron chi connectivity index (χ0n) is 17.3. The number of hydrogen-bond acceptors (Lipinski definition) is 5. The predicted molar refractivity (Wildman–Crippen MR) is 109 cm³/mol. The van der Waals surface area contributed by atoms with Crippen LogP contribution in [0.3, 0.4) is 0 Å². The van der Waals surface area contributed by atoms with Crippen molar-refractivity contribution in [3.05, 3.63) is 12.2 Å². The molecule has 0 aromatic heterocycles. The average Bonchev–Trinajstić information content (AvgIpc) is 2.65. The molecule has 5 heteroatoms. The second kappa shape index (κ2) is 19.8. The smallest absolute Gasteiger partial charge is 0.308 e. The van der Waals surface area contributed by atoms with Gasteiger partial charge in [0.1, 0.15) is 6.10 Å². The maximum Gasteiger partial charge on any atom is 0.308 e. The van der Waals surface area contributed by atoms with E-state index in [1.54, 1.807) is 0 Å². The maximum absolute atomic E-state index is 11.5. The molecule has 0 spiro atoms. The molecule has 3 N–H and O–H groups in total. The number of unbranched alkanes of at least 4 members (excludes halogenated alkanes) is 11. The van der Waals surface area contributed by atoms with Crippen LogP contribution in [0.25, 0.3) is 0 Å². The van der Waals surface area contributed by atoms with Crippen molar-refractivity contribution in [2.24, 2.45) is 0 Å². The van der Waals surface area contributed by atoms with E-state index >= 15 is 0 Å². The summed E-state index contributed by atoms with van der Waals surface area (Å²) in [7, 11) is 0. The molecule has 160 valence electrons. The van der Waals surface area contributed by atoms with Crippen LogP contribution in [0.5, 0.6) is 0 Å². The molecule has 0 aromatic carbocycles. The third kappa shape index (κ3) is 18.2. The first-order valence-electron chi connectivity index (χ1n) is 10.9. The molecule has 0 aliphatic carbocycles. The van der Waals surface area contributed by atoms with E-state index in [1.807, 2.05) is 0 Å². The van der Waals surface area contributed by atoms with Crippen molar-refractivity contribution in [1.82, 2.24) is 0 Å². The second-order valence-corrected chi connectivity index (χ2v) is 7.29. The Hall–Kier alpha value is -0.910. The summed E-state index contributed by atoms with van der Waals surface area (Å²) in [6.45, 7) is 1.99. The monoisotopic (exact) mass is 386 g/mol. The van der Waals surface area contributed by atoms with Gasteiger partial charge in [-0.15, -0.1) is 0 Å². The van der Waals surface area contributed by atoms with E-state index in [4.69, 9.17) is 9.84 Å². The molecule has 0 aliphatic heterocycles.